The van der Waals surface area contributed by atoms with Crippen molar-refractivity contribution in [2.24, 2.45) is 5.92 Å². The predicted octanol–water partition coefficient (Wildman–Crippen LogP) is 2.36. The van der Waals surface area contributed by atoms with Gasteiger partial charge in [-0.3, -0.25) is 4.79 Å². The van der Waals surface area contributed by atoms with E-state index in [9.17, 15) is 9.90 Å². The van der Waals surface area contributed by atoms with Gasteiger partial charge in [0, 0.05) is 18.2 Å². The number of carbonyl (C=O) groups excluding carboxylic acids is 1. The first kappa shape index (κ1) is 18.5. The third-order valence-corrected chi connectivity index (χ3v) is 3.50. The largest absolute Gasteiger partial charge is 0.491 e. The molecule has 0 aliphatic heterocycles. The number of ether oxygens (including phenoxy) is 1. The number of benzene rings is 1. The van der Waals surface area contributed by atoms with Crippen LogP contribution in [0.4, 0.5) is 5.69 Å². The Kier molecular flexibility index (Phi) is 7.91. The van der Waals surface area contributed by atoms with Crippen LogP contribution in [0.5, 0.6) is 5.75 Å². The minimum atomic E-state index is -0.524. The van der Waals surface area contributed by atoms with Crippen LogP contribution in [0.3, 0.4) is 0 Å². The normalized spacial score (nSPS) is 12.5. The van der Waals surface area contributed by atoms with Gasteiger partial charge in [0.2, 0.25) is 5.91 Å². The van der Waals surface area contributed by atoms with Gasteiger partial charge in [0.15, 0.2) is 0 Å². The predicted molar refractivity (Wildman–Crippen MR) is 89.2 cm³/mol. The lowest BCUT2D eigenvalue weighted by Crippen LogP contribution is -2.30. The monoisotopic (exact) mass is 308 g/mol. The molecule has 0 spiro atoms. The van der Waals surface area contributed by atoms with Crippen LogP contribution in [0.15, 0.2) is 24.3 Å². The minimum Gasteiger partial charge on any atom is -0.491 e. The van der Waals surface area contributed by atoms with Crippen LogP contribution in [0, 0.1) is 5.92 Å². The molecule has 124 valence electrons. The molecule has 0 aliphatic carbocycles. The van der Waals surface area contributed by atoms with Crippen molar-refractivity contribution in [2.75, 3.05) is 32.6 Å². The summed E-state index contributed by atoms with van der Waals surface area (Å²) in [5.74, 6) is 0.788. The Hall–Kier alpha value is -1.59. The highest BCUT2D eigenvalue weighted by Gasteiger charge is 2.14. The molecule has 22 heavy (non-hydrogen) atoms. The Balaban J connectivity index is 2.47. The number of amides is 1. The van der Waals surface area contributed by atoms with Crippen molar-refractivity contribution in [2.45, 2.75) is 32.8 Å². The Morgan fingerprint density at radius 3 is 2.32 bits per heavy atom. The second kappa shape index (κ2) is 9.43. The third kappa shape index (κ3) is 6.45. The van der Waals surface area contributed by atoms with Gasteiger partial charge < -0.3 is 20.1 Å². The smallest absolute Gasteiger partial charge is 0.227 e. The summed E-state index contributed by atoms with van der Waals surface area (Å²) in [6, 6.07) is 7.22. The van der Waals surface area contributed by atoms with Crippen LogP contribution in [0.25, 0.3) is 0 Å². The molecule has 0 aliphatic rings. The number of aliphatic hydroxyl groups excluding tert-OH is 1. The number of carbonyl (C=O) groups is 1. The molecule has 0 bridgehead atoms. The van der Waals surface area contributed by atoms with E-state index >= 15 is 0 Å². The van der Waals surface area contributed by atoms with Crippen LogP contribution in [-0.2, 0) is 4.79 Å². The molecule has 0 aromatic heterocycles. The molecule has 2 N–H and O–H groups in total. The van der Waals surface area contributed by atoms with Crippen molar-refractivity contribution in [3.8, 4) is 5.75 Å². The average Bonchev–Trinajstić information content (AvgIpc) is 2.47. The average molecular weight is 308 g/mol. The third-order valence-electron chi connectivity index (χ3n) is 3.50. The summed E-state index contributed by atoms with van der Waals surface area (Å²) in [6.07, 6.45) is 1.16. The molecule has 1 aromatic rings. The second-order valence-electron chi connectivity index (χ2n) is 5.75. The summed E-state index contributed by atoms with van der Waals surface area (Å²) in [4.78, 5) is 13.9. The van der Waals surface area contributed by atoms with Gasteiger partial charge in [-0.05, 0) is 51.2 Å². The van der Waals surface area contributed by atoms with Gasteiger partial charge >= 0.3 is 0 Å². The standard InChI is InChI=1S/C17H28N2O3/c1-5-13(6-2)17(21)18-14-7-9-16(10-8-14)22-12-15(20)11-19(3)4/h7-10,13,15,20H,5-6,11-12H2,1-4H3,(H,18,21). The van der Waals surface area contributed by atoms with E-state index in [4.69, 9.17) is 4.74 Å². The molecular formula is C17H28N2O3. The van der Waals surface area contributed by atoms with Crippen molar-refractivity contribution in [3.63, 3.8) is 0 Å². The van der Waals surface area contributed by atoms with Crippen molar-refractivity contribution in [1.82, 2.24) is 4.90 Å². The summed E-state index contributed by atoms with van der Waals surface area (Å²) in [5, 5.41) is 12.7. The Labute approximate surface area is 133 Å². The number of anilines is 1. The first-order valence-electron chi connectivity index (χ1n) is 7.82. The van der Waals surface area contributed by atoms with Crippen molar-refractivity contribution < 1.29 is 14.6 Å². The van der Waals surface area contributed by atoms with Gasteiger partial charge in [-0.1, -0.05) is 13.8 Å². The van der Waals surface area contributed by atoms with Crippen LogP contribution < -0.4 is 10.1 Å². The van der Waals surface area contributed by atoms with Crippen LogP contribution in [-0.4, -0.2) is 49.3 Å². The Bertz CT molecular complexity index is 442. The highest BCUT2D eigenvalue weighted by molar-refractivity contribution is 5.92. The van der Waals surface area contributed by atoms with Gasteiger partial charge in [0.1, 0.15) is 18.5 Å². The van der Waals surface area contributed by atoms with Crippen LogP contribution in [0.1, 0.15) is 26.7 Å². The summed E-state index contributed by atoms with van der Waals surface area (Å²) in [5.41, 5.74) is 0.762. The van der Waals surface area contributed by atoms with Gasteiger partial charge in [-0.2, -0.15) is 0 Å². The van der Waals surface area contributed by atoms with Crippen molar-refractivity contribution in [1.29, 1.82) is 0 Å². The first-order valence-corrected chi connectivity index (χ1v) is 7.82. The molecule has 5 heteroatoms. The van der Waals surface area contributed by atoms with Crippen molar-refractivity contribution in [3.05, 3.63) is 24.3 Å². The van der Waals surface area contributed by atoms with E-state index in [0.29, 0.717) is 12.3 Å². The van der Waals surface area contributed by atoms with E-state index in [1.54, 1.807) is 12.1 Å². The van der Waals surface area contributed by atoms with E-state index in [1.807, 2.05) is 45.0 Å². The molecule has 1 atom stereocenters. The molecule has 1 amide bonds. The first-order chi connectivity index (χ1) is 10.5. The van der Waals surface area contributed by atoms with Crippen LogP contribution in [0.2, 0.25) is 0 Å². The highest BCUT2D eigenvalue weighted by Crippen LogP contribution is 2.18. The number of nitrogens with zero attached hydrogens (tertiary/aromatic N) is 1. The highest BCUT2D eigenvalue weighted by atomic mass is 16.5. The molecule has 0 fully saturated rings. The van der Waals surface area contributed by atoms with Crippen LogP contribution >= 0.6 is 0 Å². The molecule has 1 aromatic carbocycles. The molecule has 5 nitrogen and oxygen atoms in total. The molecule has 0 heterocycles. The Morgan fingerprint density at radius 1 is 1.23 bits per heavy atom. The van der Waals surface area contributed by atoms with E-state index in [2.05, 4.69) is 5.32 Å². The molecule has 1 unspecified atom stereocenters. The van der Waals surface area contributed by atoms with E-state index in [0.717, 1.165) is 18.5 Å². The lowest BCUT2D eigenvalue weighted by molar-refractivity contribution is -0.120. The molecule has 0 saturated carbocycles. The maximum atomic E-state index is 12.0. The molecular weight excluding hydrogens is 280 g/mol. The number of hydrogen-bond acceptors (Lipinski definition) is 4. The molecule has 0 radical (unpaired) electrons. The lowest BCUT2D eigenvalue weighted by Gasteiger charge is -2.17. The summed E-state index contributed by atoms with van der Waals surface area (Å²) >= 11 is 0. The maximum Gasteiger partial charge on any atom is 0.227 e. The van der Waals surface area contributed by atoms with E-state index < -0.39 is 6.10 Å². The van der Waals surface area contributed by atoms with Gasteiger partial charge in [-0.25, -0.2) is 0 Å². The molecule has 1 rings (SSSR count). The fourth-order valence-corrected chi connectivity index (χ4v) is 2.20. The van der Waals surface area contributed by atoms with E-state index in [-0.39, 0.29) is 18.4 Å². The van der Waals surface area contributed by atoms with E-state index in [1.165, 1.54) is 0 Å². The van der Waals surface area contributed by atoms with Crippen molar-refractivity contribution >= 4 is 11.6 Å². The lowest BCUT2D eigenvalue weighted by atomic mass is 10.0. The number of hydrogen-bond donors (Lipinski definition) is 2. The zero-order valence-corrected chi connectivity index (χ0v) is 14.0. The number of nitrogens with one attached hydrogen (secondary N) is 1. The second-order valence-corrected chi connectivity index (χ2v) is 5.75. The summed E-state index contributed by atoms with van der Waals surface area (Å²) in [7, 11) is 3.81. The van der Waals surface area contributed by atoms with Gasteiger partial charge in [-0.15, -0.1) is 0 Å². The Morgan fingerprint density at radius 2 is 1.82 bits per heavy atom. The molecule has 0 saturated heterocycles. The van der Waals surface area contributed by atoms with Gasteiger partial charge in [0.05, 0.1) is 0 Å². The SMILES string of the molecule is CCC(CC)C(=O)Nc1ccc(OCC(O)CN(C)C)cc1. The topological polar surface area (TPSA) is 61.8 Å². The fraction of sp³-hybridized carbons (Fsp3) is 0.588. The zero-order valence-electron chi connectivity index (χ0n) is 14.0. The summed E-state index contributed by atoms with van der Waals surface area (Å²) < 4.78 is 5.53. The summed E-state index contributed by atoms with van der Waals surface area (Å²) in [6.45, 7) is 4.84. The number of likely N-dealkylation sites (N-methyl/N-ethyl adjacent to an activating group) is 1. The van der Waals surface area contributed by atoms with Gasteiger partial charge in [0.25, 0.3) is 0 Å². The fourth-order valence-electron chi connectivity index (χ4n) is 2.20. The number of aliphatic hydroxyl groups is 1. The minimum absolute atomic E-state index is 0.0529. The maximum absolute atomic E-state index is 12.0. The quantitative estimate of drug-likeness (QED) is 0.735. The zero-order chi connectivity index (χ0) is 16.5. The number of rotatable bonds is 9.